The van der Waals surface area contributed by atoms with Crippen LogP contribution in [0.1, 0.15) is 48.2 Å². The molecule has 2 fully saturated rings. The number of piperidine rings is 1. The molecule has 3 aliphatic heterocycles. The highest BCUT2D eigenvalue weighted by molar-refractivity contribution is 5.92. The Kier molecular flexibility index (Phi) is 8.29. The average Bonchev–Trinajstić information content (AvgIpc) is 2.95. The first-order valence-corrected chi connectivity index (χ1v) is 13.8. The van der Waals surface area contributed by atoms with Crippen LogP contribution in [-0.4, -0.2) is 71.0 Å². The number of fused-ring (bicyclic) bond motifs is 1. The van der Waals surface area contributed by atoms with Crippen LogP contribution in [0.5, 0.6) is 0 Å². The minimum Gasteiger partial charge on any atom is -0.381 e. The van der Waals surface area contributed by atoms with Gasteiger partial charge in [0.25, 0.3) is 11.5 Å². The Morgan fingerprint density at radius 2 is 1.77 bits per heavy atom. The molecule has 2 saturated heterocycles. The summed E-state index contributed by atoms with van der Waals surface area (Å²) in [5.74, 6) is -0.901. The van der Waals surface area contributed by atoms with Gasteiger partial charge in [-0.05, 0) is 37.7 Å². The number of nitrogens with one attached hydrogen (secondary N) is 4. The largest absolute Gasteiger partial charge is 0.381 e. The highest BCUT2D eigenvalue weighted by Crippen LogP contribution is 2.36. The summed E-state index contributed by atoms with van der Waals surface area (Å²) >= 11 is 0. The fourth-order valence-electron chi connectivity index (χ4n) is 5.92. The zero-order valence-corrected chi connectivity index (χ0v) is 22.3. The van der Waals surface area contributed by atoms with E-state index in [4.69, 9.17) is 4.74 Å². The van der Waals surface area contributed by atoms with E-state index in [1.165, 1.54) is 0 Å². The highest BCUT2D eigenvalue weighted by Gasteiger charge is 2.41. The first-order chi connectivity index (χ1) is 19.3. The Balaban J connectivity index is 1.40. The van der Waals surface area contributed by atoms with Crippen molar-refractivity contribution in [3.8, 4) is 0 Å². The number of rotatable bonds is 3. The van der Waals surface area contributed by atoms with Crippen molar-refractivity contribution in [3.05, 3.63) is 80.6 Å². The molecule has 3 aliphatic rings. The van der Waals surface area contributed by atoms with Crippen LogP contribution in [-0.2, 0) is 20.7 Å². The van der Waals surface area contributed by atoms with E-state index in [0.717, 1.165) is 11.6 Å². The van der Waals surface area contributed by atoms with Crippen molar-refractivity contribution < 1.29 is 19.1 Å². The van der Waals surface area contributed by atoms with E-state index >= 15 is 0 Å². The van der Waals surface area contributed by atoms with E-state index < -0.39 is 28.6 Å². The minimum atomic E-state index is -0.751. The first-order valence-electron chi connectivity index (χ1n) is 13.8. The highest BCUT2D eigenvalue weighted by atomic mass is 16.5. The molecule has 1 spiro atoms. The van der Waals surface area contributed by atoms with Crippen molar-refractivity contribution in [2.45, 2.75) is 50.6 Å². The first kappa shape index (κ1) is 27.6. The number of likely N-dealkylation sites (tertiary alicyclic amines) is 1. The number of carbonyl (C=O) groups is 3. The number of aromatic amines is 2. The lowest BCUT2D eigenvalue weighted by Crippen LogP contribution is -2.58. The summed E-state index contributed by atoms with van der Waals surface area (Å²) in [6.07, 6.45) is 7.20. The number of amides is 3. The van der Waals surface area contributed by atoms with Gasteiger partial charge in [0.2, 0.25) is 11.8 Å². The molecule has 3 atom stereocenters. The van der Waals surface area contributed by atoms with Crippen LogP contribution in [0, 0.1) is 11.3 Å². The topological polar surface area (TPSA) is 153 Å². The van der Waals surface area contributed by atoms with Gasteiger partial charge in [0.1, 0.15) is 11.7 Å². The zero-order valence-electron chi connectivity index (χ0n) is 22.3. The summed E-state index contributed by atoms with van der Waals surface area (Å²) in [4.78, 5) is 70.1. The van der Waals surface area contributed by atoms with Crippen LogP contribution in [0.3, 0.4) is 0 Å². The molecule has 4 N–H and O–H groups in total. The summed E-state index contributed by atoms with van der Waals surface area (Å²) in [5, 5.41) is 6.25. The molecule has 40 heavy (non-hydrogen) atoms. The Bertz CT molecular complexity index is 1350. The summed E-state index contributed by atoms with van der Waals surface area (Å²) in [6.45, 7) is 1.67. The molecule has 5 rings (SSSR count). The number of hydrogen-bond donors (Lipinski definition) is 4. The van der Waals surface area contributed by atoms with Crippen LogP contribution >= 0.6 is 0 Å². The summed E-state index contributed by atoms with van der Waals surface area (Å²) in [5.41, 5.74) is -1.15. The van der Waals surface area contributed by atoms with E-state index in [0.29, 0.717) is 64.8 Å². The molecular formula is C29H35N5O6. The van der Waals surface area contributed by atoms with Gasteiger partial charge in [-0.2, -0.15) is 0 Å². The van der Waals surface area contributed by atoms with Crippen molar-refractivity contribution in [2.75, 3.05) is 26.3 Å². The maximum absolute atomic E-state index is 13.7. The normalized spacial score (nSPS) is 26.0. The number of aromatic nitrogens is 2. The lowest BCUT2D eigenvalue weighted by molar-refractivity contribution is -0.140. The second kappa shape index (κ2) is 12.0. The smallest absolute Gasteiger partial charge is 0.326 e. The fraction of sp³-hybridized carbons (Fsp3) is 0.483. The van der Waals surface area contributed by atoms with Crippen LogP contribution in [0.25, 0.3) is 0 Å². The quantitative estimate of drug-likeness (QED) is 0.417. The van der Waals surface area contributed by atoms with Gasteiger partial charge in [-0.25, -0.2) is 4.79 Å². The number of H-pyrrole nitrogens is 2. The van der Waals surface area contributed by atoms with Gasteiger partial charge in [0.15, 0.2) is 0 Å². The molecule has 0 aliphatic carbocycles. The molecule has 11 nitrogen and oxygen atoms in total. The molecule has 1 aromatic carbocycles. The van der Waals surface area contributed by atoms with Crippen LogP contribution in [0.4, 0.5) is 0 Å². The maximum atomic E-state index is 13.7. The third-order valence-electron chi connectivity index (χ3n) is 8.29. The van der Waals surface area contributed by atoms with Gasteiger partial charge in [-0.1, -0.05) is 42.5 Å². The minimum absolute atomic E-state index is 0.0629. The number of nitrogens with zero attached hydrogens (tertiary/aromatic N) is 1. The summed E-state index contributed by atoms with van der Waals surface area (Å²) in [7, 11) is 0. The van der Waals surface area contributed by atoms with Crippen LogP contribution < -0.4 is 21.9 Å². The van der Waals surface area contributed by atoms with Crippen molar-refractivity contribution in [3.63, 3.8) is 0 Å². The SMILES string of the molecule is O=C1N[C@@H]2CCN(C(=O)c3cc(=O)[nH]c(=O)[nH]3)C[C@@H]2C/C=C/CC2(CCOCC2)C(=O)N[C@H]1Cc1ccccc1. The van der Waals surface area contributed by atoms with Gasteiger partial charge < -0.3 is 25.3 Å². The maximum Gasteiger partial charge on any atom is 0.326 e. The molecule has 0 bridgehead atoms. The molecule has 0 unspecified atom stereocenters. The van der Waals surface area contributed by atoms with Crippen molar-refractivity contribution in [2.24, 2.45) is 11.3 Å². The molecule has 4 heterocycles. The zero-order chi connectivity index (χ0) is 28.1. The van der Waals surface area contributed by atoms with Gasteiger partial charge >= 0.3 is 5.69 Å². The Labute approximate surface area is 231 Å². The summed E-state index contributed by atoms with van der Waals surface area (Å²) in [6, 6.07) is 9.72. The second-order valence-electron chi connectivity index (χ2n) is 10.9. The van der Waals surface area contributed by atoms with Gasteiger partial charge in [-0.3, -0.25) is 24.2 Å². The molecule has 0 radical (unpaired) electrons. The Morgan fingerprint density at radius 1 is 1.00 bits per heavy atom. The number of carbonyl (C=O) groups excluding carboxylic acids is 3. The van der Waals surface area contributed by atoms with Gasteiger partial charge in [0, 0.05) is 50.8 Å². The molecule has 2 aromatic rings. The van der Waals surface area contributed by atoms with Crippen molar-refractivity contribution in [1.82, 2.24) is 25.5 Å². The average molecular weight is 550 g/mol. The molecule has 3 amide bonds. The standard InChI is InChI=1S/C29H35N5O6/c35-24-17-23(32-28(39)33-24)26(37)34-13-9-21-20(18-34)8-4-5-10-29(11-14-40-15-12-29)27(38)31-22(25(36)30-21)16-19-6-2-1-3-7-19/h1-7,17,20-22H,8-16,18H2,(H,30,36)(H,31,38)(H2,32,33,35,39)/b5-4+/t20-,21+,22-/m0/s1. The van der Waals surface area contributed by atoms with Gasteiger partial charge in [0.05, 0.1) is 5.41 Å². The molecule has 11 heteroatoms. The third-order valence-corrected chi connectivity index (χ3v) is 8.29. The number of allylic oxidation sites excluding steroid dienone is 2. The van der Waals surface area contributed by atoms with E-state index in [1.54, 1.807) is 4.90 Å². The molecule has 212 valence electrons. The lowest BCUT2D eigenvalue weighted by Gasteiger charge is -2.40. The third kappa shape index (κ3) is 6.25. The predicted molar refractivity (Wildman–Crippen MR) is 147 cm³/mol. The fourth-order valence-corrected chi connectivity index (χ4v) is 5.92. The monoisotopic (exact) mass is 549 g/mol. The van der Waals surface area contributed by atoms with E-state index in [-0.39, 0.29) is 29.5 Å². The van der Waals surface area contributed by atoms with E-state index in [1.807, 2.05) is 42.5 Å². The number of benzene rings is 1. The molecule has 0 saturated carbocycles. The van der Waals surface area contributed by atoms with Crippen LogP contribution in [0.2, 0.25) is 0 Å². The lowest BCUT2D eigenvalue weighted by atomic mass is 9.75. The van der Waals surface area contributed by atoms with E-state index in [2.05, 4.69) is 20.6 Å². The Morgan fingerprint density at radius 3 is 2.52 bits per heavy atom. The number of ether oxygens (including phenoxy) is 1. The van der Waals surface area contributed by atoms with E-state index in [9.17, 15) is 24.0 Å². The van der Waals surface area contributed by atoms with Crippen LogP contribution in [0.15, 0.2) is 58.1 Å². The predicted octanol–water partition coefficient (Wildman–Crippen LogP) is 0.884. The molecular weight excluding hydrogens is 514 g/mol. The van der Waals surface area contributed by atoms with Crippen molar-refractivity contribution in [1.29, 1.82) is 0 Å². The van der Waals surface area contributed by atoms with Crippen molar-refractivity contribution >= 4 is 17.7 Å². The number of hydrogen-bond acceptors (Lipinski definition) is 6. The molecule has 1 aromatic heterocycles. The second-order valence-corrected chi connectivity index (χ2v) is 10.9. The van der Waals surface area contributed by atoms with Gasteiger partial charge in [-0.15, -0.1) is 0 Å². The summed E-state index contributed by atoms with van der Waals surface area (Å²) < 4.78 is 5.55. The Hall–Kier alpha value is -3.99.